The van der Waals surface area contributed by atoms with Crippen molar-refractivity contribution >= 4 is 23.9 Å². The molecule has 5 nitrogen and oxygen atoms in total. The first-order valence-electron chi connectivity index (χ1n) is 9.15. The quantitative estimate of drug-likeness (QED) is 0.361. The summed E-state index contributed by atoms with van der Waals surface area (Å²) in [5.41, 5.74) is 2.66. The van der Waals surface area contributed by atoms with Gasteiger partial charge in [-0.25, -0.2) is 19.0 Å². The van der Waals surface area contributed by atoms with Crippen molar-refractivity contribution in [1.82, 2.24) is 0 Å². The normalized spacial score (nSPS) is 14.4. The van der Waals surface area contributed by atoms with Crippen molar-refractivity contribution in [2.45, 2.75) is 6.92 Å². The third kappa shape index (κ3) is 4.33. The lowest BCUT2D eigenvalue weighted by Gasteiger charge is -2.05. The number of aliphatic imine (C=N–C) groups is 1. The van der Waals surface area contributed by atoms with E-state index in [4.69, 9.17) is 9.47 Å². The van der Waals surface area contributed by atoms with Crippen LogP contribution in [-0.2, 0) is 9.53 Å². The largest absolute Gasteiger partial charge is 0.423 e. The Morgan fingerprint density at radius 1 is 1.03 bits per heavy atom. The minimum absolute atomic E-state index is 0.0504. The number of hydrogen-bond acceptors (Lipinski definition) is 5. The number of ether oxygens (including phenoxy) is 2. The van der Waals surface area contributed by atoms with Gasteiger partial charge in [-0.3, -0.25) is 0 Å². The molecule has 0 fully saturated rings. The highest BCUT2D eigenvalue weighted by atomic mass is 19.1. The van der Waals surface area contributed by atoms with E-state index in [1.165, 1.54) is 18.2 Å². The van der Waals surface area contributed by atoms with Crippen LogP contribution in [0.2, 0.25) is 0 Å². The Morgan fingerprint density at radius 3 is 2.47 bits per heavy atom. The van der Waals surface area contributed by atoms with Gasteiger partial charge in [0.2, 0.25) is 5.90 Å². The predicted octanol–water partition coefficient (Wildman–Crippen LogP) is 4.70. The number of carbonyl (C=O) groups excluding carboxylic acids is 2. The summed E-state index contributed by atoms with van der Waals surface area (Å²) in [7, 11) is 0. The Balaban J connectivity index is 1.48. The second kappa shape index (κ2) is 8.13. The van der Waals surface area contributed by atoms with Gasteiger partial charge in [-0.15, -0.1) is 0 Å². The van der Waals surface area contributed by atoms with E-state index in [1.807, 2.05) is 19.1 Å². The van der Waals surface area contributed by atoms with Gasteiger partial charge < -0.3 is 9.47 Å². The van der Waals surface area contributed by atoms with Crippen molar-refractivity contribution in [1.29, 1.82) is 0 Å². The van der Waals surface area contributed by atoms with Crippen molar-refractivity contribution < 1.29 is 23.5 Å². The molecule has 1 heterocycles. The molecule has 148 valence electrons. The van der Waals surface area contributed by atoms with E-state index in [0.29, 0.717) is 22.4 Å². The highest BCUT2D eigenvalue weighted by Gasteiger charge is 2.24. The molecule has 0 saturated heterocycles. The van der Waals surface area contributed by atoms with E-state index < -0.39 is 17.8 Å². The van der Waals surface area contributed by atoms with Crippen LogP contribution in [0.25, 0.3) is 6.08 Å². The number of benzene rings is 3. The number of esters is 2. The first-order valence-corrected chi connectivity index (χ1v) is 9.15. The van der Waals surface area contributed by atoms with Crippen molar-refractivity contribution in [2.75, 3.05) is 0 Å². The summed E-state index contributed by atoms with van der Waals surface area (Å²) in [6.45, 7) is 1.94. The van der Waals surface area contributed by atoms with Crippen LogP contribution in [0.15, 0.2) is 83.5 Å². The summed E-state index contributed by atoms with van der Waals surface area (Å²) in [6.07, 6.45) is 1.54. The van der Waals surface area contributed by atoms with Crippen LogP contribution in [-0.4, -0.2) is 17.8 Å². The number of cyclic esters (lactones) is 1. The molecule has 0 N–H and O–H groups in total. The molecule has 0 atom stereocenters. The van der Waals surface area contributed by atoms with Crippen molar-refractivity contribution in [2.24, 2.45) is 4.99 Å². The lowest BCUT2D eigenvalue weighted by molar-refractivity contribution is -0.129. The maximum atomic E-state index is 13.4. The molecule has 0 amide bonds. The van der Waals surface area contributed by atoms with Crippen molar-refractivity contribution in [3.05, 3.63) is 107 Å². The molecule has 1 aliphatic heterocycles. The maximum Gasteiger partial charge on any atom is 0.363 e. The first kappa shape index (κ1) is 19.3. The van der Waals surface area contributed by atoms with Crippen LogP contribution < -0.4 is 4.74 Å². The fourth-order valence-corrected chi connectivity index (χ4v) is 2.80. The molecule has 0 bridgehead atoms. The Labute approximate surface area is 172 Å². The smallest absolute Gasteiger partial charge is 0.363 e. The fourth-order valence-electron chi connectivity index (χ4n) is 2.80. The average molecular weight is 401 g/mol. The molecule has 6 heteroatoms. The van der Waals surface area contributed by atoms with Crippen LogP contribution in [0.4, 0.5) is 4.39 Å². The van der Waals surface area contributed by atoms with Crippen LogP contribution in [0, 0.1) is 12.7 Å². The lowest BCUT2D eigenvalue weighted by Crippen LogP contribution is -2.08. The highest BCUT2D eigenvalue weighted by molar-refractivity contribution is 6.12. The molecule has 0 aromatic heterocycles. The third-order valence-corrected chi connectivity index (χ3v) is 4.37. The first-order chi connectivity index (χ1) is 14.5. The molecule has 0 aliphatic carbocycles. The summed E-state index contributed by atoms with van der Waals surface area (Å²) in [5, 5.41) is 0. The molecule has 3 aromatic rings. The molecular weight excluding hydrogens is 385 g/mol. The maximum absolute atomic E-state index is 13.4. The molecule has 30 heavy (non-hydrogen) atoms. The number of aryl methyl sites for hydroxylation is 1. The van der Waals surface area contributed by atoms with E-state index in [2.05, 4.69) is 4.99 Å². The van der Waals surface area contributed by atoms with Gasteiger partial charge in [0, 0.05) is 5.56 Å². The summed E-state index contributed by atoms with van der Waals surface area (Å²) < 4.78 is 23.9. The van der Waals surface area contributed by atoms with Gasteiger partial charge in [0.25, 0.3) is 0 Å². The number of carbonyl (C=O) groups is 2. The number of nitrogens with zero attached hydrogens (tertiary/aromatic N) is 1. The van der Waals surface area contributed by atoms with Crippen LogP contribution in [0.3, 0.4) is 0 Å². The molecular formula is C24H16FNO4. The van der Waals surface area contributed by atoms with E-state index in [9.17, 15) is 14.0 Å². The predicted molar refractivity (Wildman–Crippen MR) is 110 cm³/mol. The standard InChI is InChI=1S/C24H16FNO4/c1-15-5-9-17(10-6-15)23(27)29-20-11-7-16(8-12-20)13-21-24(28)30-22(26-21)18-3-2-4-19(25)14-18/h2-14H,1H3/b21-13-. The average Bonchev–Trinajstić information content (AvgIpc) is 3.10. The van der Waals surface area contributed by atoms with Crippen molar-refractivity contribution in [3.63, 3.8) is 0 Å². The van der Waals surface area contributed by atoms with Gasteiger partial charge in [0.1, 0.15) is 11.6 Å². The second-order valence-electron chi connectivity index (χ2n) is 6.67. The highest BCUT2D eigenvalue weighted by Crippen LogP contribution is 2.21. The van der Waals surface area contributed by atoms with Crippen LogP contribution in [0.1, 0.15) is 27.0 Å². The zero-order valence-corrected chi connectivity index (χ0v) is 16.0. The van der Waals surface area contributed by atoms with E-state index >= 15 is 0 Å². The van der Waals surface area contributed by atoms with Gasteiger partial charge in [-0.05, 0) is 61.0 Å². The topological polar surface area (TPSA) is 65.0 Å². The Hall–Kier alpha value is -4.06. The SMILES string of the molecule is Cc1ccc(C(=O)Oc2ccc(/C=C3\N=C(c4cccc(F)c4)OC3=O)cc2)cc1. The van der Waals surface area contributed by atoms with Gasteiger partial charge in [0.05, 0.1) is 5.56 Å². The monoisotopic (exact) mass is 401 g/mol. The number of halogens is 1. The Kier molecular flexibility index (Phi) is 5.22. The van der Waals surface area contributed by atoms with Gasteiger partial charge >= 0.3 is 11.9 Å². The summed E-state index contributed by atoms with van der Waals surface area (Å²) in [4.78, 5) is 28.4. The fraction of sp³-hybridized carbons (Fsp3) is 0.0417. The van der Waals surface area contributed by atoms with Crippen LogP contribution >= 0.6 is 0 Å². The molecule has 4 rings (SSSR count). The molecule has 1 aliphatic rings. The second-order valence-corrected chi connectivity index (χ2v) is 6.67. The molecule has 0 saturated carbocycles. The van der Waals surface area contributed by atoms with Crippen LogP contribution in [0.5, 0.6) is 5.75 Å². The number of hydrogen-bond donors (Lipinski definition) is 0. The van der Waals surface area contributed by atoms with Crippen molar-refractivity contribution in [3.8, 4) is 5.75 Å². The van der Waals surface area contributed by atoms with Gasteiger partial charge in [-0.2, -0.15) is 0 Å². The van der Waals surface area contributed by atoms with E-state index in [-0.39, 0.29) is 11.6 Å². The van der Waals surface area contributed by atoms with E-state index in [1.54, 1.807) is 48.5 Å². The van der Waals surface area contributed by atoms with Gasteiger partial charge in [-0.1, -0.05) is 35.9 Å². The third-order valence-electron chi connectivity index (χ3n) is 4.37. The molecule has 0 radical (unpaired) electrons. The minimum atomic E-state index is -0.621. The molecule has 3 aromatic carbocycles. The zero-order valence-electron chi connectivity index (χ0n) is 16.0. The molecule has 0 unspecified atom stereocenters. The summed E-state index contributed by atoms with van der Waals surface area (Å²) in [5.74, 6) is -1.09. The summed E-state index contributed by atoms with van der Waals surface area (Å²) in [6, 6.07) is 19.4. The number of rotatable bonds is 4. The summed E-state index contributed by atoms with van der Waals surface area (Å²) >= 11 is 0. The lowest BCUT2D eigenvalue weighted by atomic mass is 10.1. The molecule has 0 spiro atoms. The Morgan fingerprint density at radius 2 is 1.77 bits per heavy atom. The van der Waals surface area contributed by atoms with E-state index in [0.717, 1.165) is 5.56 Å². The minimum Gasteiger partial charge on any atom is -0.423 e. The Bertz CT molecular complexity index is 1180. The van der Waals surface area contributed by atoms with Gasteiger partial charge in [0.15, 0.2) is 5.70 Å². The zero-order chi connectivity index (χ0) is 21.1.